The molecule has 23 heavy (non-hydrogen) atoms. The quantitative estimate of drug-likeness (QED) is 0.308. The minimum atomic E-state index is -0.658. The molecule has 2 heteroatoms. The smallest absolute Gasteiger partial charge is 0.303 e. The number of rotatable bonds is 16. The van der Waals surface area contributed by atoms with Gasteiger partial charge in [-0.05, 0) is 24.2 Å². The zero-order valence-electron chi connectivity index (χ0n) is 16.3. The van der Waals surface area contributed by atoms with Crippen LogP contribution >= 0.6 is 0 Å². The van der Waals surface area contributed by atoms with Crippen molar-refractivity contribution in [2.24, 2.45) is 17.8 Å². The van der Waals surface area contributed by atoms with E-state index in [4.69, 9.17) is 5.11 Å². The van der Waals surface area contributed by atoms with E-state index in [1.807, 2.05) is 0 Å². The van der Waals surface area contributed by atoms with Crippen molar-refractivity contribution in [1.29, 1.82) is 0 Å². The molecule has 0 spiro atoms. The van der Waals surface area contributed by atoms with Gasteiger partial charge in [-0.15, -0.1) is 0 Å². The molecule has 0 saturated heterocycles. The summed E-state index contributed by atoms with van der Waals surface area (Å²) in [5, 5.41) is 8.70. The topological polar surface area (TPSA) is 37.3 Å². The van der Waals surface area contributed by atoms with Gasteiger partial charge in [-0.3, -0.25) is 4.79 Å². The SMILES string of the molecule is CCCCCCC(C)CCCC(C)CCCC(C)CCC(=O)O. The predicted molar refractivity (Wildman–Crippen MR) is 101 cm³/mol. The molecule has 0 saturated carbocycles. The van der Waals surface area contributed by atoms with Crippen LogP contribution in [0.4, 0.5) is 0 Å². The molecule has 3 unspecified atom stereocenters. The first kappa shape index (κ1) is 22.5. The van der Waals surface area contributed by atoms with E-state index in [1.165, 1.54) is 70.6 Å². The van der Waals surface area contributed by atoms with Crippen molar-refractivity contribution in [1.82, 2.24) is 0 Å². The summed E-state index contributed by atoms with van der Waals surface area (Å²) < 4.78 is 0. The number of carboxylic acid groups (broad SMARTS) is 1. The van der Waals surface area contributed by atoms with Crippen LogP contribution in [0.3, 0.4) is 0 Å². The molecule has 0 aromatic heterocycles. The molecular formula is C21H42O2. The van der Waals surface area contributed by atoms with Crippen LogP contribution in [-0.2, 0) is 4.79 Å². The predicted octanol–water partition coefficient (Wildman–Crippen LogP) is 7.07. The fourth-order valence-electron chi connectivity index (χ4n) is 3.35. The summed E-state index contributed by atoms with van der Waals surface area (Å²) in [5.41, 5.74) is 0. The van der Waals surface area contributed by atoms with Crippen molar-refractivity contribution in [2.45, 2.75) is 111 Å². The Morgan fingerprint density at radius 1 is 0.696 bits per heavy atom. The molecule has 0 aliphatic heterocycles. The third kappa shape index (κ3) is 16.1. The van der Waals surface area contributed by atoms with Gasteiger partial charge in [-0.25, -0.2) is 0 Å². The Morgan fingerprint density at radius 2 is 1.13 bits per heavy atom. The Balaban J connectivity index is 3.48. The van der Waals surface area contributed by atoms with Crippen molar-refractivity contribution >= 4 is 5.97 Å². The van der Waals surface area contributed by atoms with Crippen LogP contribution in [0.1, 0.15) is 111 Å². The molecule has 0 aromatic carbocycles. The van der Waals surface area contributed by atoms with Crippen LogP contribution in [0, 0.1) is 17.8 Å². The van der Waals surface area contributed by atoms with Gasteiger partial charge in [0.15, 0.2) is 0 Å². The highest BCUT2D eigenvalue weighted by atomic mass is 16.4. The van der Waals surface area contributed by atoms with Gasteiger partial charge >= 0.3 is 5.97 Å². The van der Waals surface area contributed by atoms with E-state index in [2.05, 4.69) is 27.7 Å². The van der Waals surface area contributed by atoms with Crippen molar-refractivity contribution in [3.05, 3.63) is 0 Å². The molecule has 0 heterocycles. The summed E-state index contributed by atoms with van der Waals surface area (Å²) in [7, 11) is 0. The zero-order valence-corrected chi connectivity index (χ0v) is 16.3. The highest BCUT2D eigenvalue weighted by Gasteiger charge is 2.08. The monoisotopic (exact) mass is 326 g/mol. The number of hydrogen-bond donors (Lipinski definition) is 1. The number of carboxylic acids is 1. The second-order valence-corrected chi connectivity index (χ2v) is 7.96. The molecule has 0 aliphatic carbocycles. The molecule has 0 rings (SSSR count). The fraction of sp³-hybridized carbons (Fsp3) is 0.952. The summed E-state index contributed by atoms with van der Waals surface area (Å²) in [4.78, 5) is 10.6. The summed E-state index contributed by atoms with van der Waals surface area (Å²) in [6.45, 7) is 9.26. The maximum absolute atomic E-state index is 10.6. The van der Waals surface area contributed by atoms with Crippen LogP contribution < -0.4 is 0 Å². The standard InChI is InChI=1S/C21H42O2/c1-5-6-7-8-11-18(2)12-9-13-19(3)14-10-15-20(4)16-17-21(22)23/h18-20H,5-17H2,1-4H3,(H,22,23). The van der Waals surface area contributed by atoms with Gasteiger partial charge in [0.05, 0.1) is 0 Å². The van der Waals surface area contributed by atoms with E-state index in [0.29, 0.717) is 12.3 Å². The molecular weight excluding hydrogens is 284 g/mol. The minimum Gasteiger partial charge on any atom is -0.481 e. The molecule has 0 aliphatic rings. The van der Waals surface area contributed by atoms with Crippen LogP contribution in [-0.4, -0.2) is 11.1 Å². The van der Waals surface area contributed by atoms with Crippen molar-refractivity contribution in [2.75, 3.05) is 0 Å². The molecule has 3 atom stereocenters. The number of hydrogen-bond acceptors (Lipinski definition) is 1. The first-order valence-electron chi connectivity index (χ1n) is 10.2. The van der Waals surface area contributed by atoms with Gasteiger partial charge in [-0.1, -0.05) is 98.3 Å². The largest absolute Gasteiger partial charge is 0.481 e. The molecule has 0 radical (unpaired) electrons. The lowest BCUT2D eigenvalue weighted by molar-refractivity contribution is -0.137. The third-order valence-electron chi connectivity index (χ3n) is 5.19. The zero-order chi connectivity index (χ0) is 17.5. The molecule has 138 valence electrons. The molecule has 0 bridgehead atoms. The molecule has 0 amide bonds. The summed E-state index contributed by atoms with van der Waals surface area (Å²) in [6.07, 6.45) is 16.0. The first-order valence-corrected chi connectivity index (χ1v) is 10.2. The minimum absolute atomic E-state index is 0.326. The fourth-order valence-corrected chi connectivity index (χ4v) is 3.35. The van der Waals surface area contributed by atoms with Gasteiger partial charge in [0.1, 0.15) is 0 Å². The van der Waals surface area contributed by atoms with E-state index in [0.717, 1.165) is 18.3 Å². The van der Waals surface area contributed by atoms with Crippen LogP contribution in [0.2, 0.25) is 0 Å². The Kier molecular flexibility index (Phi) is 14.7. The van der Waals surface area contributed by atoms with Crippen LogP contribution in [0.15, 0.2) is 0 Å². The summed E-state index contributed by atoms with van der Waals surface area (Å²) >= 11 is 0. The summed E-state index contributed by atoms with van der Waals surface area (Å²) in [5.74, 6) is 1.62. The Morgan fingerprint density at radius 3 is 1.57 bits per heavy atom. The third-order valence-corrected chi connectivity index (χ3v) is 5.19. The van der Waals surface area contributed by atoms with E-state index < -0.39 is 5.97 Å². The van der Waals surface area contributed by atoms with Crippen molar-refractivity contribution < 1.29 is 9.90 Å². The average Bonchev–Trinajstić information content (AvgIpc) is 2.49. The molecule has 2 nitrogen and oxygen atoms in total. The van der Waals surface area contributed by atoms with Crippen molar-refractivity contribution in [3.63, 3.8) is 0 Å². The second-order valence-electron chi connectivity index (χ2n) is 7.96. The highest BCUT2D eigenvalue weighted by Crippen LogP contribution is 2.22. The highest BCUT2D eigenvalue weighted by molar-refractivity contribution is 5.66. The molecule has 1 N–H and O–H groups in total. The second kappa shape index (κ2) is 15.0. The average molecular weight is 327 g/mol. The Hall–Kier alpha value is -0.530. The van der Waals surface area contributed by atoms with Gasteiger partial charge in [0, 0.05) is 6.42 Å². The normalized spacial score (nSPS) is 15.3. The Bertz CT molecular complexity index is 275. The van der Waals surface area contributed by atoms with Crippen molar-refractivity contribution in [3.8, 4) is 0 Å². The first-order chi connectivity index (χ1) is 11.0. The van der Waals surface area contributed by atoms with Crippen LogP contribution in [0.5, 0.6) is 0 Å². The van der Waals surface area contributed by atoms with E-state index >= 15 is 0 Å². The maximum atomic E-state index is 10.6. The maximum Gasteiger partial charge on any atom is 0.303 e. The van der Waals surface area contributed by atoms with Crippen LogP contribution in [0.25, 0.3) is 0 Å². The number of aliphatic carboxylic acids is 1. The van der Waals surface area contributed by atoms with Gasteiger partial charge < -0.3 is 5.11 Å². The summed E-state index contributed by atoms with van der Waals surface area (Å²) in [6, 6.07) is 0. The molecule has 0 fully saturated rings. The Labute approximate surface area is 145 Å². The lowest BCUT2D eigenvalue weighted by Gasteiger charge is -2.15. The molecule has 0 aromatic rings. The van der Waals surface area contributed by atoms with E-state index in [1.54, 1.807) is 0 Å². The van der Waals surface area contributed by atoms with Gasteiger partial charge in [-0.2, -0.15) is 0 Å². The number of carbonyl (C=O) groups is 1. The van der Waals surface area contributed by atoms with E-state index in [-0.39, 0.29) is 0 Å². The lowest BCUT2D eigenvalue weighted by Crippen LogP contribution is -2.03. The number of unbranched alkanes of at least 4 members (excludes halogenated alkanes) is 3. The lowest BCUT2D eigenvalue weighted by atomic mass is 9.91. The van der Waals surface area contributed by atoms with Gasteiger partial charge in [0.25, 0.3) is 0 Å². The van der Waals surface area contributed by atoms with E-state index in [9.17, 15) is 4.79 Å². The van der Waals surface area contributed by atoms with Gasteiger partial charge in [0.2, 0.25) is 0 Å².